The second-order valence-electron chi connectivity index (χ2n) is 6.79. The third-order valence-corrected chi connectivity index (χ3v) is 6.33. The molecule has 0 fully saturated rings. The predicted molar refractivity (Wildman–Crippen MR) is 107 cm³/mol. The molecule has 1 aromatic rings. The smallest absolute Gasteiger partial charge is 0.241 e. The van der Waals surface area contributed by atoms with Crippen LogP contribution in [0.4, 0.5) is 17.6 Å². The molecule has 1 amide bonds. The summed E-state index contributed by atoms with van der Waals surface area (Å²) in [6, 6.07) is 1.81. The Balaban J connectivity index is 2.25. The number of carbonyl (C=O) groups is 1. The third-order valence-electron chi connectivity index (χ3n) is 4.80. The number of allylic oxidation sites excluding steroid dienone is 3. The number of fused-ring (bicyclic) bond motifs is 2. The molecule has 3 rings (SSSR count). The SMILES string of the molecule is C=C(F)/C=C(\C(=C)F)C1=NN(C(C)=O)[C@@]2(S1)c1cc(F)c(F)cc1OC[C@H]2CCN. The van der Waals surface area contributed by atoms with Gasteiger partial charge in [0.1, 0.15) is 22.4 Å². The van der Waals surface area contributed by atoms with Gasteiger partial charge >= 0.3 is 0 Å². The standard InChI is InChI=1S/C20H19F4N3O2S/c1-10(21)6-14(11(2)22)19-26-27(12(3)28)20(30-19)13(4-5-25)9-29-18-8-17(24)16(23)7-15(18)20/h6-8,13H,1-2,4-5,9,25H2,3H3/b14-6+/t13-,20+/m1/s1. The van der Waals surface area contributed by atoms with Crippen LogP contribution < -0.4 is 10.5 Å². The van der Waals surface area contributed by atoms with Gasteiger partial charge in [0, 0.05) is 30.0 Å². The molecule has 0 bridgehead atoms. The first-order valence-corrected chi connectivity index (χ1v) is 9.75. The lowest BCUT2D eigenvalue weighted by Gasteiger charge is -2.45. The molecule has 0 saturated carbocycles. The molecule has 30 heavy (non-hydrogen) atoms. The van der Waals surface area contributed by atoms with Crippen molar-refractivity contribution in [2.45, 2.75) is 18.2 Å². The summed E-state index contributed by atoms with van der Waals surface area (Å²) in [5, 5.41) is 5.20. The Morgan fingerprint density at radius 1 is 1.40 bits per heavy atom. The Morgan fingerprint density at radius 3 is 2.63 bits per heavy atom. The van der Waals surface area contributed by atoms with Crippen molar-refractivity contribution in [2.75, 3.05) is 13.2 Å². The van der Waals surface area contributed by atoms with E-state index in [2.05, 4.69) is 18.3 Å². The van der Waals surface area contributed by atoms with Crippen LogP contribution >= 0.6 is 11.8 Å². The number of nitrogens with zero attached hydrogens (tertiary/aromatic N) is 2. The maximum atomic E-state index is 14.2. The van der Waals surface area contributed by atoms with Crippen molar-refractivity contribution in [3.05, 3.63) is 65.8 Å². The topological polar surface area (TPSA) is 67.9 Å². The number of amides is 1. The van der Waals surface area contributed by atoms with Crippen molar-refractivity contribution in [1.82, 2.24) is 5.01 Å². The van der Waals surface area contributed by atoms with E-state index in [1.807, 2.05) is 0 Å². The van der Waals surface area contributed by atoms with E-state index in [9.17, 15) is 22.4 Å². The molecular formula is C20H19F4N3O2S. The average Bonchev–Trinajstić information content (AvgIpc) is 3.05. The summed E-state index contributed by atoms with van der Waals surface area (Å²) < 4.78 is 61.1. The van der Waals surface area contributed by atoms with E-state index in [4.69, 9.17) is 10.5 Å². The highest BCUT2D eigenvalue weighted by molar-refractivity contribution is 8.15. The van der Waals surface area contributed by atoms with Crippen LogP contribution in [0, 0.1) is 17.6 Å². The van der Waals surface area contributed by atoms with Crippen molar-refractivity contribution in [2.24, 2.45) is 16.8 Å². The first-order chi connectivity index (χ1) is 14.1. The van der Waals surface area contributed by atoms with E-state index >= 15 is 0 Å². The van der Waals surface area contributed by atoms with Crippen molar-refractivity contribution < 1.29 is 27.1 Å². The predicted octanol–water partition coefficient (Wildman–Crippen LogP) is 4.28. The van der Waals surface area contributed by atoms with Crippen LogP contribution in [0.15, 0.2) is 53.7 Å². The summed E-state index contributed by atoms with van der Waals surface area (Å²) in [6.45, 7) is 7.73. The highest BCUT2D eigenvalue weighted by Gasteiger charge is 2.57. The number of hydrogen-bond donors (Lipinski definition) is 1. The molecule has 2 heterocycles. The van der Waals surface area contributed by atoms with Crippen molar-refractivity contribution >= 4 is 22.7 Å². The molecule has 2 aliphatic rings. The molecule has 0 radical (unpaired) electrons. The van der Waals surface area contributed by atoms with Gasteiger partial charge in [-0.05, 0) is 25.1 Å². The fourth-order valence-corrected chi connectivity index (χ4v) is 5.13. The van der Waals surface area contributed by atoms with E-state index in [1.54, 1.807) is 0 Å². The number of hydrazone groups is 1. The molecule has 160 valence electrons. The van der Waals surface area contributed by atoms with E-state index in [0.717, 1.165) is 35.0 Å². The van der Waals surface area contributed by atoms with Gasteiger partial charge in [0.25, 0.3) is 0 Å². The van der Waals surface area contributed by atoms with Gasteiger partial charge in [-0.25, -0.2) is 22.6 Å². The Kier molecular flexibility index (Phi) is 6.09. The fraction of sp³-hybridized carbons (Fsp3) is 0.300. The molecule has 0 aliphatic carbocycles. The van der Waals surface area contributed by atoms with Gasteiger partial charge in [-0.2, -0.15) is 5.10 Å². The molecule has 10 heteroatoms. The third kappa shape index (κ3) is 3.65. The van der Waals surface area contributed by atoms with Gasteiger partial charge < -0.3 is 10.5 Å². The van der Waals surface area contributed by atoms with Crippen LogP contribution in [0.2, 0.25) is 0 Å². The number of ether oxygens (including phenoxy) is 1. The minimum Gasteiger partial charge on any atom is -0.493 e. The number of rotatable bonds is 5. The molecule has 1 aromatic carbocycles. The molecule has 2 N–H and O–H groups in total. The molecule has 5 nitrogen and oxygen atoms in total. The molecule has 0 aromatic heterocycles. The number of halogens is 4. The molecule has 2 aliphatic heterocycles. The van der Waals surface area contributed by atoms with Gasteiger partial charge in [-0.3, -0.25) is 4.79 Å². The number of nitrogens with two attached hydrogens (primary N) is 1. The van der Waals surface area contributed by atoms with Crippen LogP contribution in [0.25, 0.3) is 0 Å². The summed E-state index contributed by atoms with van der Waals surface area (Å²) in [7, 11) is 0. The fourth-order valence-electron chi connectivity index (χ4n) is 3.56. The van der Waals surface area contributed by atoms with Crippen LogP contribution in [-0.2, 0) is 9.67 Å². The maximum absolute atomic E-state index is 14.2. The summed E-state index contributed by atoms with van der Waals surface area (Å²) in [5.41, 5.74) is 5.57. The second-order valence-corrected chi connectivity index (χ2v) is 8.01. The van der Waals surface area contributed by atoms with E-state index in [0.29, 0.717) is 6.42 Å². The van der Waals surface area contributed by atoms with E-state index < -0.39 is 40.0 Å². The van der Waals surface area contributed by atoms with Crippen LogP contribution in [-0.4, -0.2) is 29.1 Å². The van der Waals surface area contributed by atoms with Crippen LogP contribution in [0.1, 0.15) is 18.9 Å². The van der Waals surface area contributed by atoms with Crippen molar-refractivity contribution in [3.8, 4) is 5.75 Å². The Bertz CT molecular complexity index is 995. The zero-order chi connectivity index (χ0) is 22.2. The minimum absolute atomic E-state index is 0.0249. The highest BCUT2D eigenvalue weighted by Crippen LogP contribution is 2.58. The van der Waals surface area contributed by atoms with Gasteiger partial charge in [0.15, 0.2) is 16.5 Å². The monoisotopic (exact) mass is 441 g/mol. The van der Waals surface area contributed by atoms with E-state index in [-0.39, 0.29) is 35.1 Å². The summed E-state index contributed by atoms with van der Waals surface area (Å²) in [6.07, 6.45) is 1.14. The molecular weight excluding hydrogens is 422 g/mol. The zero-order valence-electron chi connectivity index (χ0n) is 16.1. The summed E-state index contributed by atoms with van der Waals surface area (Å²) in [5.74, 6) is -5.22. The minimum atomic E-state index is -1.39. The Hall–Kier alpha value is -2.59. The lowest BCUT2D eigenvalue weighted by atomic mass is 9.86. The first-order valence-electron chi connectivity index (χ1n) is 8.93. The summed E-state index contributed by atoms with van der Waals surface area (Å²) in [4.78, 5) is 11.1. The normalized spacial score (nSPS) is 23.1. The number of carbonyl (C=O) groups excluding carboxylic acids is 1. The van der Waals surface area contributed by atoms with Crippen LogP contribution in [0.3, 0.4) is 0 Å². The number of thioether (sulfide) groups is 1. The van der Waals surface area contributed by atoms with Gasteiger partial charge in [-0.1, -0.05) is 24.9 Å². The number of hydrogen-bond acceptors (Lipinski definition) is 5. The highest BCUT2D eigenvalue weighted by atomic mass is 32.2. The molecule has 0 saturated heterocycles. The van der Waals surface area contributed by atoms with Gasteiger partial charge in [-0.15, -0.1) is 0 Å². The zero-order valence-corrected chi connectivity index (χ0v) is 16.9. The van der Waals surface area contributed by atoms with Crippen molar-refractivity contribution in [1.29, 1.82) is 0 Å². The van der Waals surface area contributed by atoms with E-state index in [1.165, 1.54) is 6.92 Å². The van der Waals surface area contributed by atoms with Crippen LogP contribution in [0.5, 0.6) is 5.75 Å². The molecule has 2 atom stereocenters. The average molecular weight is 441 g/mol. The maximum Gasteiger partial charge on any atom is 0.241 e. The Labute approximate surface area is 174 Å². The molecule has 1 spiro atoms. The largest absolute Gasteiger partial charge is 0.493 e. The first kappa shape index (κ1) is 22.1. The van der Waals surface area contributed by atoms with Gasteiger partial charge in [0.05, 0.1) is 6.61 Å². The summed E-state index contributed by atoms with van der Waals surface area (Å²) >= 11 is 0.908. The second kappa shape index (κ2) is 8.27. The lowest BCUT2D eigenvalue weighted by molar-refractivity contribution is -0.134. The van der Waals surface area contributed by atoms with Crippen molar-refractivity contribution in [3.63, 3.8) is 0 Å². The lowest BCUT2D eigenvalue weighted by Crippen LogP contribution is -2.51. The molecule has 0 unspecified atom stereocenters. The number of benzene rings is 1. The Morgan fingerprint density at radius 2 is 2.07 bits per heavy atom. The van der Waals surface area contributed by atoms with Gasteiger partial charge in [0.2, 0.25) is 5.91 Å². The quantitative estimate of drug-likeness (QED) is 0.547.